The highest BCUT2D eigenvalue weighted by Crippen LogP contribution is 2.24. The maximum absolute atomic E-state index is 13.3. The maximum Gasteiger partial charge on any atom is 0.127 e. The van der Waals surface area contributed by atoms with E-state index in [0.29, 0.717) is 11.6 Å². The standard InChI is InChI=1S/C14H21FN2/c1-17(13-4-2-3-5-13)10-11-6-7-14(15)12(8-11)9-16/h6-8,13H,2-5,9-10,16H2,1H3. The molecule has 2 nitrogen and oxygen atoms in total. The summed E-state index contributed by atoms with van der Waals surface area (Å²) in [5.74, 6) is -0.195. The molecule has 0 aliphatic heterocycles. The van der Waals surface area contributed by atoms with Crippen molar-refractivity contribution in [1.82, 2.24) is 4.90 Å². The van der Waals surface area contributed by atoms with E-state index in [1.165, 1.54) is 31.7 Å². The smallest absolute Gasteiger partial charge is 0.127 e. The van der Waals surface area contributed by atoms with Crippen LogP contribution in [0.15, 0.2) is 18.2 Å². The van der Waals surface area contributed by atoms with E-state index < -0.39 is 0 Å². The van der Waals surface area contributed by atoms with Crippen molar-refractivity contribution in [3.8, 4) is 0 Å². The van der Waals surface area contributed by atoms with Gasteiger partial charge in [-0.3, -0.25) is 4.90 Å². The molecule has 2 rings (SSSR count). The van der Waals surface area contributed by atoms with Crippen LogP contribution in [0.4, 0.5) is 4.39 Å². The van der Waals surface area contributed by atoms with Crippen LogP contribution in [0, 0.1) is 5.82 Å². The van der Waals surface area contributed by atoms with Gasteiger partial charge in [-0.15, -0.1) is 0 Å². The molecule has 0 bridgehead atoms. The number of hydrogen-bond acceptors (Lipinski definition) is 2. The zero-order valence-electron chi connectivity index (χ0n) is 10.5. The maximum atomic E-state index is 13.3. The lowest BCUT2D eigenvalue weighted by molar-refractivity contribution is 0.237. The van der Waals surface area contributed by atoms with Crippen LogP contribution in [0.25, 0.3) is 0 Å². The lowest BCUT2D eigenvalue weighted by Crippen LogP contribution is -2.28. The molecular formula is C14H21FN2. The third kappa shape index (κ3) is 3.05. The van der Waals surface area contributed by atoms with Gasteiger partial charge in [0.15, 0.2) is 0 Å². The van der Waals surface area contributed by atoms with Crippen molar-refractivity contribution >= 4 is 0 Å². The molecule has 0 spiro atoms. The number of halogens is 1. The van der Waals surface area contributed by atoms with Gasteiger partial charge in [0.2, 0.25) is 0 Å². The Morgan fingerprint density at radius 2 is 2.06 bits per heavy atom. The molecule has 1 fully saturated rings. The summed E-state index contributed by atoms with van der Waals surface area (Å²) < 4.78 is 13.3. The average molecular weight is 236 g/mol. The summed E-state index contributed by atoms with van der Waals surface area (Å²) in [5.41, 5.74) is 7.29. The minimum atomic E-state index is -0.195. The van der Waals surface area contributed by atoms with Gasteiger partial charge in [-0.2, -0.15) is 0 Å². The van der Waals surface area contributed by atoms with Gasteiger partial charge in [0.05, 0.1) is 0 Å². The summed E-state index contributed by atoms with van der Waals surface area (Å²) in [5, 5.41) is 0. The van der Waals surface area contributed by atoms with Crippen LogP contribution in [0.1, 0.15) is 36.8 Å². The number of rotatable bonds is 4. The topological polar surface area (TPSA) is 29.3 Å². The first-order valence-electron chi connectivity index (χ1n) is 6.38. The summed E-state index contributed by atoms with van der Waals surface area (Å²) >= 11 is 0. The van der Waals surface area contributed by atoms with E-state index in [4.69, 9.17) is 5.73 Å². The van der Waals surface area contributed by atoms with E-state index in [0.717, 1.165) is 12.1 Å². The summed E-state index contributed by atoms with van der Waals surface area (Å²) in [6.07, 6.45) is 5.27. The quantitative estimate of drug-likeness (QED) is 0.871. The van der Waals surface area contributed by atoms with Gasteiger partial charge in [-0.25, -0.2) is 4.39 Å². The normalized spacial score (nSPS) is 16.9. The van der Waals surface area contributed by atoms with Crippen molar-refractivity contribution < 1.29 is 4.39 Å². The van der Waals surface area contributed by atoms with E-state index >= 15 is 0 Å². The highest BCUT2D eigenvalue weighted by Gasteiger charge is 2.19. The van der Waals surface area contributed by atoms with Crippen LogP contribution >= 0.6 is 0 Å². The molecule has 0 aromatic heterocycles. The number of benzene rings is 1. The fourth-order valence-electron chi connectivity index (χ4n) is 2.64. The van der Waals surface area contributed by atoms with Crippen molar-refractivity contribution in [2.75, 3.05) is 7.05 Å². The van der Waals surface area contributed by atoms with Crippen LogP contribution in [-0.4, -0.2) is 18.0 Å². The van der Waals surface area contributed by atoms with E-state index in [1.807, 2.05) is 12.1 Å². The number of nitrogens with two attached hydrogens (primary N) is 1. The van der Waals surface area contributed by atoms with Crippen molar-refractivity contribution in [1.29, 1.82) is 0 Å². The second kappa shape index (κ2) is 5.61. The SMILES string of the molecule is CN(Cc1ccc(F)c(CN)c1)C1CCCC1. The first kappa shape index (κ1) is 12.5. The fraction of sp³-hybridized carbons (Fsp3) is 0.571. The molecule has 3 heteroatoms. The van der Waals surface area contributed by atoms with E-state index in [-0.39, 0.29) is 12.4 Å². The van der Waals surface area contributed by atoms with Gasteiger partial charge in [-0.05, 0) is 31.5 Å². The lowest BCUT2D eigenvalue weighted by atomic mass is 10.1. The van der Waals surface area contributed by atoms with Gasteiger partial charge >= 0.3 is 0 Å². The molecule has 17 heavy (non-hydrogen) atoms. The molecule has 2 N–H and O–H groups in total. The summed E-state index contributed by atoms with van der Waals surface area (Å²) in [6, 6.07) is 5.97. The molecule has 0 atom stereocenters. The number of nitrogens with zero attached hydrogens (tertiary/aromatic N) is 1. The van der Waals surface area contributed by atoms with E-state index in [1.54, 1.807) is 0 Å². The fourth-order valence-corrected chi connectivity index (χ4v) is 2.64. The molecule has 94 valence electrons. The molecule has 1 aromatic rings. The highest BCUT2D eigenvalue weighted by molar-refractivity contribution is 5.25. The van der Waals surface area contributed by atoms with Crippen LogP contribution in [0.3, 0.4) is 0 Å². The minimum absolute atomic E-state index is 0.195. The highest BCUT2D eigenvalue weighted by atomic mass is 19.1. The minimum Gasteiger partial charge on any atom is -0.326 e. The number of hydrogen-bond donors (Lipinski definition) is 1. The Bertz CT molecular complexity index is 372. The third-order valence-electron chi connectivity index (χ3n) is 3.71. The Balaban J connectivity index is 2.02. The Kier molecular flexibility index (Phi) is 4.13. The predicted molar refractivity (Wildman–Crippen MR) is 68.0 cm³/mol. The van der Waals surface area contributed by atoms with Crippen LogP contribution < -0.4 is 5.73 Å². The van der Waals surface area contributed by atoms with Gasteiger partial charge in [0.1, 0.15) is 5.82 Å². The van der Waals surface area contributed by atoms with Crippen molar-refractivity contribution in [2.45, 2.75) is 44.8 Å². The van der Waals surface area contributed by atoms with Crippen molar-refractivity contribution in [3.63, 3.8) is 0 Å². The van der Waals surface area contributed by atoms with Crippen LogP contribution in [0.2, 0.25) is 0 Å². The Morgan fingerprint density at radius 3 is 2.71 bits per heavy atom. The monoisotopic (exact) mass is 236 g/mol. The Hall–Kier alpha value is -0.930. The van der Waals surface area contributed by atoms with E-state index in [2.05, 4.69) is 11.9 Å². The van der Waals surface area contributed by atoms with Crippen molar-refractivity contribution in [2.24, 2.45) is 5.73 Å². The third-order valence-corrected chi connectivity index (χ3v) is 3.71. The Labute approximate surface area is 103 Å². The van der Waals surface area contributed by atoms with Gasteiger partial charge in [0, 0.05) is 24.7 Å². The van der Waals surface area contributed by atoms with Gasteiger partial charge in [-0.1, -0.05) is 25.0 Å². The molecule has 1 aliphatic carbocycles. The molecule has 0 amide bonds. The second-order valence-corrected chi connectivity index (χ2v) is 4.98. The summed E-state index contributed by atoms with van der Waals surface area (Å²) in [7, 11) is 2.15. The zero-order chi connectivity index (χ0) is 12.3. The lowest BCUT2D eigenvalue weighted by Gasteiger charge is -2.24. The molecule has 1 saturated carbocycles. The van der Waals surface area contributed by atoms with E-state index in [9.17, 15) is 4.39 Å². The first-order valence-corrected chi connectivity index (χ1v) is 6.38. The molecule has 0 radical (unpaired) electrons. The molecule has 0 unspecified atom stereocenters. The average Bonchev–Trinajstić information content (AvgIpc) is 2.85. The Morgan fingerprint density at radius 1 is 1.35 bits per heavy atom. The van der Waals surface area contributed by atoms with Gasteiger partial charge in [0.25, 0.3) is 0 Å². The predicted octanol–water partition coefficient (Wildman–Crippen LogP) is 2.66. The summed E-state index contributed by atoms with van der Waals surface area (Å²) in [6.45, 7) is 1.16. The molecule has 0 saturated heterocycles. The van der Waals surface area contributed by atoms with Gasteiger partial charge < -0.3 is 5.73 Å². The van der Waals surface area contributed by atoms with Crippen LogP contribution in [0.5, 0.6) is 0 Å². The summed E-state index contributed by atoms with van der Waals surface area (Å²) in [4.78, 5) is 2.38. The second-order valence-electron chi connectivity index (χ2n) is 4.98. The first-order chi connectivity index (χ1) is 8.20. The zero-order valence-corrected chi connectivity index (χ0v) is 10.5. The molecule has 0 heterocycles. The molecule has 1 aromatic carbocycles. The molecular weight excluding hydrogens is 215 g/mol. The van der Waals surface area contributed by atoms with Crippen LogP contribution in [-0.2, 0) is 13.1 Å². The van der Waals surface area contributed by atoms with Crippen molar-refractivity contribution in [3.05, 3.63) is 35.1 Å². The largest absolute Gasteiger partial charge is 0.326 e. The molecule has 1 aliphatic rings.